The van der Waals surface area contributed by atoms with E-state index in [-0.39, 0.29) is 18.1 Å². The van der Waals surface area contributed by atoms with Gasteiger partial charge in [-0.2, -0.15) is 0 Å². The molecule has 0 fully saturated rings. The number of fused-ring (bicyclic) bond motifs is 1. The summed E-state index contributed by atoms with van der Waals surface area (Å²) in [6.07, 6.45) is 0.217. The summed E-state index contributed by atoms with van der Waals surface area (Å²) >= 11 is 0. The van der Waals surface area contributed by atoms with E-state index < -0.39 is 0 Å². The molecule has 1 heterocycles. The molecule has 0 saturated carbocycles. The summed E-state index contributed by atoms with van der Waals surface area (Å²) in [6.45, 7) is 0.849. The van der Waals surface area contributed by atoms with E-state index in [2.05, 4.69) is 5.32 Å². The number of hydrogen-bond donors (Lipinski definition) is 1. The molecular formula is C23H19NO4. The van der Waals surface area contributed by atoms with Gasteiger partial charge in [-0.05, 0) is 11.6 Å². The fourth-order valence-electron chi connectivity index (χ4n) is 3.10. The zero-order chi connectivity index (χ0) is 19.3. The highest BCUT2D eigenvalue weighted by atomic mass is 16.6. The van der Waals surface area contributed by atoms with E-state index in [1.807, 2.05) is 36.4 Å². The predicted molar refractivity (Wildman–Crippen MR) is 106 cm³/mol. The number of nitrogens with one attached hydrogen (secondary N) is 1. The lowest BCUT2D eigenvalue weighted by Gasteiger charge is -2.21. The molecule has 0 saturated heterocycles. The van der Waals surface area contributed by atoms with E-state index in [9.17, 15) is 9.59 Å². The van der Waals surface area contributed by atoms with Crippen LogP contribution in [0, 0.1) is 0 Å². The van der Waals surface area contributed by atoms with Gasteiger partial charge < -0.3 is 14.8 Å². The summed E-state index contributed by atoms with van der Waals surface area (Å²) in [5, 5.41) is 2.86. The molecule has 1 N–H and O–H groups in total. The largest absolute Gasteiger partial charge is 0.486 e. The number of amides is 1. The zero-order valence-electron chi connectivity index (χ0n) is 15.2. The van der Waals surface area contributed by atoms with Gasteiger partial charge in [0, 0.05) is 11.6 Å². The second-order valence-electron chi connectivity index (χ2n) is 6.45. The van der Waals surface area contributed by atoms with Gasteiger partial charge in [-0.1, -0.05) is 60.7 Å². The Bertz CT molecular complexity index is 1000. The third-order valence-corrected chi connectivity index (χ3v) is 4.44. The third kappa shape index (κ3) is 3.88. The van der Waals surface area contributed by atoms with Crippen LogP contribution in [-0.2, 0) is 11.2 Å². The van der Waals surface area contributed by atoms with Gasteiger partial charge in [-0.3, -0.25) is 9.59 Å². The molecule has 140 valence electrons. The van der Waals surface area contributed by atoms with Gasteiger partial charge in [0.25, 0.3) is 0 Å². The molecule has 0 aliphatic carbocycles. The number of ether oxygens (including phenoxy) is 2. The SMILES string of the molecule is O=C(Cc1ccccc1)Nc1cc2c(cc1C(=O)c1ccccc1)OCCO2. The first-order chi connectivity index (χ1) is 13.7. The van der Waals surface area contributed by atoms with Crippen molar-refractivity contribution in [3.63, 3.8) is 0 Å². The Labute approximate surface area is 162 Å². The van der Waals surface area contributed by atoms with Gasteiger partial charge in [0.05, 0.1) is 17.7 Å². The lowest BCUT2D eigenvalue weighted by atomic mass is 10.0. The van der Waals surface area contributed by atoms with Crippen molar-refractivity contribution in [1.82, 2.24) is 0 Å². The van der Waals surface area contributed by atoms with Crippen molar-refractivity contribution < 1.29 is 19.1 Å². The highest BCUT2D eigenvalue weighted by Crippen LogP contribution is 2.36. The molecule has 3 aromatic rings. The van der Waals surface area contributed by atoms with Crippen molar-refractivity contribution in [3.8, 4) is 11.5 Å². The van der Waals surface area contributed by atoms with E-state index in [1.54, 1.807) is 36.4 Å². The van der Waals surface area contributed by atoms with Crippen molar-refractivity contribution in [2.24, 2.45) is 0 Å². The fourth-order valence-corrected chi connectivity index (χ4v) is 3.10. The molecule has 28 heavy (non-hydrogen) atoms. The van der Waals surface area contributed by atoms with E-state index in [1.165, 1.54) is 0 Å². The van der Waals surface area contributed by atoms with E-state index in [0.717, 1.165) is 5.56 Å². The van der Waals surface area contributed by atoms with Crippen molar-refractivity contribution in [2.75, 3.05) is 18.5 Å². The molecular weight excluding hydrogens is 354 g/mol. The third-order valence-electron chi connectivity index (χ3n) is 4.44. The van der Waals surface area contributed by atoms with Gasteiger partial charge in [0.2, 0.25) is 5.91 Å². The first kappa shape index (κ1) is 17.8. The average molecular weight is 373 g/mol. The van der Waals surface area contributed by atoms with Crippen LogP contribution in [0.1, 0.15) is 21.5 Å². The Morgan fingerprint density at radius 1 is 0.821 bits per heavy atom. The first-order valence-corrected chi connectivity index (χ1v) is 9.08. The monoisotopic (exact) mass is 373 g/mol. The zero-order valence-corrected chi connectivity index (χ0v) is 15.2. The molecule has 0 atom stereocenters. The molecule has 1 amide bonds. The Balaban J connectivity index is 1.66. The summed E-state index contributed by atoms with van der Waals surface area (Å²) in [5.41, 5.74) is 2.22. The maximum atomic E-state index is 13.0. The number of carbonyl (C=O) groups is 2. The molecule has 1 aliphatic heterocycles. The van der Waals surface area contributed by atoms with Crippen LogP contribution in [0.3, 0.4) is 0 Å². The molecule has 0 unspecified atom stereocenters. The molecule has 5 heteroatoms. The molecule has 0 radical (unpaired) electrons. The van der Waals surface area contributed by atoms with Crippen LogP contribution in [0.5, 0.6) is 11.5 Å². The molecule has 0 spiro atoms. The normalized spacial score (nSPS) is 12.3. The van der Waals surface area contributed by atoms with Crippen molar-refractivity contribution in [2.45, 2.75) is 6.42 Å². The summed E-state index contributed by atoms with van der Waals surface area (Å²) in [6, 6.07) is 21.7. The van der Waals surface area contributed by atoms with Crippen molar-refractivity contribution in [1.29, 1.82) is 0 Å². The van der Waals surface area contributed by atoms with Gasteiger partial charge in [0.15, 0.2) is 17.3 Å². The highest BCUT2D eigenvalue weighted by molar-refractivity contribution is 6.14. The Morgan fingerprint density at radius 2 is 1.43 bits per heavy atom. The maximum absolute atomic E-state index is 13.0. The molecule has 0 bridgehead atoms. The smallest absolute Gasteiger partial charge is 0.228 e. The second-order valence-corrected chi connectivity index (χ2v) is 6.45. The number of rotatable bonds is 5. The second kappa shape index (κ2) is 7.96. The number of carbonyl (C=O) groups excluding carboxylic acids is 2. The fraction of sp³-hybridized carbons (Fsp3) is 0.130. The molecule has 0 aromatic heterocycles. The van der Waals surface area contributed by atoms with Crippen LogP contribution in [0.2, 0.25) is 0 Å². The maximum Gasteiger partial charge on any atom is 0.228 e. The minimum Gasteiger partial charge on any atom is -0.486 e. The Morgan fingerprint density at radius 3 is 2.11 bits per heavy atom. The van der Waals surface area contributed by atoms with Gasteiger partial charge in [0.1, 0.15) is 13.2 Å². The molecule has 5 nitrogen and oxygen atoms in total. The highest BCUT2D eigenvalue weighted by Gasteiger charge is 2.22. The van der Waals surface area contributed by atoms with Crippen LogP contribution in [-0.4, -0.2) is 24.9 Å². The van der Waals surface area contributed by atoms with Gasteiger partial charge in [-0.25, -0.2) is 0 Å². The van der Waals surface area contributed by atoms with Gasteiger partial charge >= 0.3 is 0 Å². The summed E-state index contributed by atoms with van der Waals surface area (Å²) in [7, 11) is 0. The van der Waals surface area contributed by atoms with Crippen LogP contribution >= 0.6 is 0 Å². The summed E-state index contributed by atoms with van der Waals surface area (Å²) in [5.74, 6) is 0.634. The topological polar surface area (TPSA) is 64.6 Å². The summed E-state index contributed by atoms with van der Waals surface area (Å²) < 4.78 is 11.2. The average Bonchev–Trinajstić information content (AvgIpc) is 2.74. The number of ketones is 1. The van der Waals surface area contributed by atoms with E-state index >= 15 is 0 Å². The van der Waals surface area contributed by atoms with Crippen molar-refractivity contribution in [3.05, 3.63) is 89.5 Å². The van der Waals surface area contributed by atoms with Crippen LogP contribution in [0.15, 0.2) is 72.8 Å². The minimum absolute atomic E-state index is 0.187. The number of hydrogen-bond acceptors (Lipinski definition) is 4. The van der Waals surface area contributed by atoms with Crippen LogP contribution in [0.4, 0.5) is 5.69 Å². The van der Waals surface area contributed by atoms with E-state index in [0.29, 0.717) is 41.5 Å². The standard InChI is InChI=1S/C23H19NO4/c25-22(13-16-7-3-1-4-8-16)24-19-15-21-20(27-11-12-28-21)14-18(19)23(26)17-9-5-2-6-10-17/h1-10,14-15H,11-13H2,(H,24,25). The van der Waals surface area contributed by atoms with Gasteiger partial charge in [-0.15, -0.1) is 0 Å². The number of anilines is 1. The minimum atomic E-state index is -0.204. The van der Waals surface area contributed by atoms with Crippen LogP contribution in [0.25, 0.3) is 0 Å². The number of benzene rings is 3. The van der Waals surface area contributed by atoms with E-state index in [4.69, 9.17) is 9.47 Å². The summed E-state index contributed by atoms with van der Waals surface area (Å²) in [4.78, 5) is 25.6. The Hall–Kier alpha value is -3.60. The lowest BCUT2D eigenvalue weighted by Crippen LogP contribution is -2.20. The first-order valence-electron chi connectivity index (χ1n) is 9.08. The molecule has 1 aliphatic rings. The quantitative estimate of drug-likeness (QED) is 0.690. The molecule has 4 rings (SSSR count). The van der Waals surface area contributed by atoms with Crippen LogP contribution < -0.4 is 14.8 Å². The molecule has 3 aromatic carbocycles. The predicted octanol–water partition coefficient (Wildman–Crippen LogP) is 3.87. The lowest BCUT2D eigenvalue weighted by molar-refractivity contribution is -0.115. The van der Waals surface area contributed by atoms with Crippen molar-refractivity contribution >= 4 is 17.4 Å². The Kier molecular flexibility index (Phi) is 5.06.